The van der Waals surface area contributed by atoms with Gasteiger partial charge in [0, 0.05) is 50.8 Å². The van der Waals surface area contributed by atoms with Gasteiger partial charge >= 0.3 is 0 Å². The van der Waals surface area contributed by atoms with Crippen molar-refractivity contribution in [3.63, 3.8) is 0 Å². The third kappa shape index (κ3) is 2.41. The fourth-order valence-corrected chi connectivity index (χ4v) is 3.57. The highest BCUT2D eigenvalue weighted by Crippen LogP contribution is 2.20. The van der Waals surface area contributed by atoms with Crippen LogP contribution in [0.15, 0.2) is 0 Å². The Bertz CT molecular complexity index is 407. The van der Waals surface area contributed by atoms with Crippen molar-refractivity contribution < 1.29 is 0 Å². The molecule has 5 nitrogen and oxygen atoms in total. The SMILES string of the molecule is Cc1nnc(CN2CC(N3CCSCC3)C2)n1C. The zero-order chi connectivity index (χ0) is 12.5. The molecule has 18 heavy (non-hydrogen) atoms. The van der Waals surface area contributed by atoms with E-state index < -0.39 is 0 Å². The van der Waals surface area contributed by atoms with Crippen molar-refractivity contribution in [3.8, 4) is 0 Å². The Hall–Kier alpha value is -0.590. The third-order valence-corrected chi connectivity index (χ3v) is 4.99. The van der Waals surface area contributed by atoms with E-state index in [0.717, 1.165) is 24.2 Å². The van der Waals surface area contributed by atoms with Gasteiger partial charge in [0.25, 0.3) is 0 Å². The molecule has 0 atom stereocenters. The van der Waals surface area contributed by atoms with Gasteiger partial charge in [0.2, 0.25) is 0 Å². The van der Waals surface area contributed by atoms with Gasteiger partial charge in [0.05, 0.1) is 6.54 Å². The van der Waals surface area contributed by atoms with Gasteiger partial charge in [-0.05, 0) is 6.92 Å². The van der Waals surface area contributed by atoms with Crippen LogP contribution in [0, 0.1) is 6.92 Å². The van der Waals surface area contributed by atoms with Gasteiger partial charge < -0.3 is 4.57 Å². The van der Waals surface area contributed by atoms with E-state index in [1.807, 2.05) is 14.0 Å². The lowest BCUT2D eigenvalue weighted by molar-refractivity contribution is 0.0320. The van der Waals surface area contributed by atoms with Crippen molar-refractivity contribution >= 4 is 11.8 Å². The van der Waals surface area contributed by atoms with Crippen molar-refractivity contribution in [2.24, 2.45) is 7.05 Å². The summed E-state index contributed by atoms with van der Waals surface area (Å²) in [5.41, 5.74) is 0. The predicted octanol–water partition coefficient (Wildman–Crippen LogP) is 0.357. The Morgan fingerprint density at radius 3 is 2.56 bits per heavy atom. The molecule has 6 heteroatoms. The van der Waals surface area contributed by atoms with E-state index in [1.54, 1.807) is 0 Å². The molecule has 2 fully saturated rings. The van der Waals surface area contributed by atoms with E-state index in [2.05, 4.69) is 36.3 Å². The van der Waals surface area contributed by atoms with Crippen LogP contribution in [0.4, 0.5) is 0 Å². The van der Waals surface area contributed by atoms with Crippen LogP contribution in [0.25, 0.3) is 0 Å². The van der Waals surface area contributed by atoms with E-state index in [9.17, 15) is 0 Å². The van der Waals surface area contributed by atoms with E-state index in [0.29, 0.717) is 0 Å². The standard InChI is InChI=1S/C12H21N5S/c1-10-13-14-12(15(10)2)9-16-7-11(8-16)17-3-5-18-6-4-17/h11H,3-9H2,1-2H3. The van der Waals surface area contributed by atoms with Gasteiger partial charge in [-0.3, -0.25) is 9.80 Å². The largest absolute Gasteiger partial charge is 0.317 e. The van der Waals surface area contributed by atoms with Crippen LogP contribution in [-0.4, -0.2) is 68.3 Å². The van der Waals surface area contributed by atoms with Gasteiger partial charge in [-0.1, -0.05) is 0 Å². The Balaban J connectivity index is 1.49. The molecule has 0 bridgehead atoms. The lowest BCUT2D eigenvalue weighted by Gasteiger charge is -2.46. The highest BCUT2D eigenvalue weighted by Gasteiger charge is 2.32. The van der Waals surface area contributed by atoms with E-state index in [1.165, 1.54) is 37.7 Å². The second-order valence-electron chi connectivity index (χ2n) is 5.22. The zero-order valence-electron chi connectivity index (χ0n) is 11.2. The maximum Gasteiger partial charge on any atom is 0.146 e. The molecule has 2 aliphatic heterocycles. The van der Waals surface area contributed by atoms with Crippen LogP contribution in [0.2, 0.25) is 0 Å². The van der Waals surface area contributed by atoms with Crippen LogP contribution in [-0.2, 0) is 13.6 Å². The van der Waals surface area contributed by atoms with Crippen molar-refractivity contribution in [1.29, 1.82) is 0 Å². The molecular weight excluding hydrogens is 246 g/mol. The molecule has 0 saturated carbocycles. The minimum absolute atomic E-state index is 0.778. The molecule has 0 aliphatic carbocycles. The summed E-state index contributed by atoms with van der Waals surface area (Å²) in [6.45, 7) is 7.86. The first kappa shape index (κ1) is 12.4. The molecule has 1 aromatic rings. The molecule has 3 heterocycles. The van der Waals surface area contributed by atoms with Crippen LogP contribution in [0.1, 0.15) is 11.6 Å². The first-order valence-electron chi connectivity index (χ1n) is 6.63. The number of rotatable bonds is 3. The molecule has 0 radical (unpaired) electrons. The lowest BCUT2D eigenvalue weighted by Crippen LogP contribution is -2.60. The van der Waals surface area contributed by atoms with Crippen LogP contribution in [0.5, 0.6) is 0 Å². The molecule has 2 saturated heterocycles. The second-order valence-corrected chi connectivity index (χ2v) is 6.44. The number of hydrogen-bond acceptors (Lipinski definition) is 5. The fourth-order valence-electron chi connectivity index (χ4n) is 2.63. The van der Waals surface area contributed by atoms with Gasteiger partial charge in [0.15, 0.2) is 0 Å². The van der Waals surface area contributed by atoms with Crippen molar-refractivity contribution in [2.45, 2.75) is 19.5 Å². The molecule has 2 aliphatic rings. The Labute approximate surface area is 113 Å². The number of hydrogen-bond donors (Lipinski definition) is 0. The fraction of sp³-hybridized carbons (Fsp3) is 0.833. The van der Waals surface area contributed by atoms with E-state index in [4.69, 9.17) is 0 Å². The predicted molar refractivity (Wildman–Crippen MR) is 73.7 cm³/mol. The Morgan fingerprint density at radius 2 is 1.94 bits per heavy atom. The van der Waals surface area contributed by atoms with Gasteiger partial charge in [-0.2, -0.15) is 11.8 Å². The average Bonchev–Trinajstić information content (AvgIpc) is 2.66. The monoisotopic (exact) mass is 267 g/mol. The summed E-state index contributed by atoms with van der Waals surface area (Å²) in [4.78, 5) is 5.12. The number of thioether (sulfide) groups is 1. The van der Waals surface area contributed by atoms with Crippen LogP contribution >= 0.6 is 11.8 Å². The minimum Gasteiger partial charge on any atom is -0.317 e. The number of aryl methyl sites for hydroxylation is 1. The summed E-state index contributed by atoms with van der Waals surface area (Å²) in [6, 6.07) is 0.778. The highest BCUT2D eigenvalue weighted by atomic mass is 32.2. The Kier molecular flexibility index (Phi) is 3.59. The van der Waals surface area contributed by atoms with Crippen LogP contribution in [0.3, 0.4) is 0 Å². The third-order valence-electron chi connectivity index (χ3n) is 4.05. The highest BCUT2D eigenvalue weighted by molar-refractivity contribution is 7.99. The quantitative estimate of drug-likeness (QED) is 0.790. The van der Waals surface area contributed by atoms with Gasteiger partial charge in [-0.25, -0.2) is 0 Å². The lowest BCUT2D eigenvalue weighted by atomic mass is 10.1. The molecule has 0 spiro atoms. The number of aromatic nitrogens is 3. The molecule has 100 valence electrons. The summed E-state index contributed by atoms with van der Waals surface area (Å²) in [7, 11) is 2.05. The normalized spacial score (nSPS) is 23.2. The summed E-state index contributed by atoms with van der Waals surface area (Å²) in [6.07, 6.45) is 0. The first-order valence-corrected chi connectivity index (χ1v) is 7.78. The summed E-state index contributed by atoms with van der Waals surface area (Å²) in [5.74, 6) is 4.69. The van der Waals surface area contributed by atoms with E-state index in [-0.39, 0.29) is 0 Å². The average molecular weight is 267 g/mol. The van der Waals surface area contributed by atoms with Crippen molar-refractivity contribution in [1.82, 2.24) is 24.6 Å². The summed E-state index contributed by atoms with van der Waals surface area (Å²) >= 11 is 2.08. The molecule has 1 aromatic heterocycles. The molecule has 0 unspecified atom stereocenters. The molecule has 3 rings (SSSR count). The maximum absolute atomic E-state index is 4.23. The van der Waals surface area contributed by atoms with Gasteiger partial charge in [-0.15, -0.1) is 10.2 Å². The molecular formula is C12H21N5S. The van der Waals surface area contributed by atoms with E-state index >= 15 is 0 Å². The molecule has 0 N–H and O–H groups in total. The van der Waals surface area contributed by atoms with Crippen molar-refractivity contribution in [3.05, 3.63) is 11.6 Å². The second kappa shape index (κ2) is 5.19. The maximum atomic E-state index is 4.23. The first-order chi connectivity index (χ1) is 8.74. The topological polar surface area (TPSA) is 37.2 Å². The summed E-state index contributed by atoms with van der Waals surface area (Å²) in [5, 5.41) is 8.34. The zero-order valence-corrected chi connectivity index (χ0v) is 12.0. The van der Waals surface area contributed by atoms with Gasteiger partial charge in [0.1, 0.15) is 11.6 Å². The molecule has 0 amide bonds. The molecule has 0 aromatic carbocycles. The number of nitrogens with zero attached hydrogens (tertiary/aromatic N) is 5. The minimum atomic E-state index is 0.778. The Morgan fingerprint density at radius 1 is 1.22 bits per heavy atom. The number of likely N-dealkylation sites (tertiary alicyclic amines) is 1. The van der Waals surface area contributed by atoms with Crippen LogP contribution < -0.4 is 0 Å². The smallest absolute Gasteiger partial charge is 0.146 e. The summed E-state index contributed by atoms with van der Waals surface area (Å²) < 4.78 is 2.09. The van der Waals surface area contributed by atoms with Crippen molar-refractivity contribution in [2.75, 3.05) is 37.7 Å².